The zero-order chi connectivity index (χ0) is 8.55. The maximum absolute atomic E-state index is 5.85. The van der Waals surface area contributed by atoms with Gasteiger partial charge in [-0.3, -0.25) is 4.68 Å². The third-order valence-electron chi connectivity index (χ3n) is 2.10. The van der Waals surface area contributed by atoms with Gasteiger partial charge in [0.15, 0.2) is 0 Å². The summed E-state index contributed by atoms with van der Waals surface area (Å²) in [6, 6.07) is 1.87. The van der Waals surface area contributed by atoms with E-state index in [1.807, 2.05) is 13.1 Å². The third-order valence-corrected chi connectivity index (χ3v) is 2.45. The van der Waals surface area contributed by atoms with Crippen LogP contribution in [0.5, 0.6) is 0 Å². The molecule has 66 valence electrons. The Labute approximate surface area is 76.3 Å². The maximum atomic E-state index is 5.85. The molecule has 0 N–H and O–H groups in total. The van der Waals surface area contributed by atoms with Crippen molar-refractivity contribution in [2.24, 2.45) is 7.05 Å². The number of ether oxygens (including phenoxy) is 1. The first-order valence-electron chi connectivity index (χ1n) is 4.08. The van der Waals surface area contributed by atoms with E-state index in [1.165, 1.54) is 0 Å². The van der Waals surface area contributed by atoms with Crippen LogP contribution in [0.3, 0.4) is 0 Å². The molecule has 1 saturated heterocycles. The summed E-state index contributed by atoms with van der Waals surface area (Å²) in [6.07, 6.45) is 2.36. The quantitative estimate of drug-likeness (QED) is 0.670. The monoisotopic (exact) mass is 186 g/mol. The first-order valence-corrected chi connectivity index (χ1v) is 4.46. The lowest BCUT2D eigenvalue weighted by atomic mass is 10.2. The molecule has 1 aromatic rings. The Balaban J connectivity index is 2.21. The third kappa shape index (κ3) is 1.34. The van der Waals surface area contributed by atoms with E-state index in [4.69, 9.17) is 16.3 Å². The minimum atomic E-state index is 0.170. The van der Waals surface area contributed by atoms with E-state index in [-0.39, 0.29) is 6.10 Å². The highest BCUT2D eigenvalue weighted by atomic mass is 35.5. The molecule has 0 radical (unpaired) electrons. The van der Waals surface area contributed by atoms with Crippen molar-refractivity contribution in [2.45, 2.75) is 18.9 Å². The van der Waals surface area contributed by atoms with E-state index in [0.29, 0.717) is 5.15 Å². The minimum Gasteiger partial charge on any atom is -0.372 e. The molecule has 0 amide bonds. The predicted molar refractivity (Wildman–Crippen MR) is 46.1 cm³/mol. The van der Waals surface area contributed by atoms with Crippen molar-refractivity contribution in [3.05, 3.63) is 16.9 Å². The smallest absolute Gasteiger partial charge is 0.127 e. The summed E-state index contributed by atoms with van der Waals surface area (Å²) in [5.74, 6) is 0. The van der Waals surface area contributed by atoms with Crippen molar-refractivity contribution >= 4 is 11.6 Å². The van der Waals surface area contributed by atoms with Crippen LogP contribution in [0.1, 0.15) is 24.6 Å². The molecule has 1 fully saturated rings. The van der Waals surface area contributed by atoms with Crippen LogP contribution in [0.25, 0.3) is 0 Å². The van der Waals surface area contributed by atoms with Crippen LogP contribution in [0, 0.1) is 0 Å². The Morgan fingerprint density at radius 1 is 1.75 bits per heavy atom. The van der Waals surface area contributed by atoms with Gasteiger partial charge in [0.1, 0.15) is 11.3 Å². The molecule has 2 heterocycles. The highest BCUT2D eigenvalue weighted by molar-refractivity contribution is 6.29. The Hall–Kier alpha value is -0.540. The van der Waals surface area contributed by atoms with Crippen molar-refractivity contribution < 1.29 is 4.74 Å². The first kappa shape index (κ1) is 8.08. The zero-order valence-corrected chi connectivity index (χ0v) is 7.71. The van der Waals surface area contributed by atoms with Gasteiger partial charge in [-0.05, 0) is 12.8 Å². The van der Waals surface area contributed by atoms with Crippen molar-refractivity contribution in [1.82, 2.24) is 9.78 Å². The number of nitrogens with zero attached hydrogens (tertiary/aromatic N) is 2. The highest BCUT2D eigenvalue weighted by Crippen LogP contribution is 2.28. The molecule has 1 unspecified atom stereocenters. The van der Waals surface area contributed by atoms with E-state index in [0.717, 1.165) is 25.1 Å². The van der Waals surface area contributed by atoms with Gasteiger partial charge in [0.2, 0.25) is 0 Å². The van der Waals surface area contributed by atoms with Crippen LogP contribution in [-0.4, -0.2) is 16.4 Å². The summed E-state index contributed by atoms with van der Waals surface area (Å²) in [6.45, 7) is 0.846. The van der Waals surface area contributed by atoms with Gasteiger partial charge in [-0.25, -0.2) is 0 Å². The fourth-order valence-electron chi connectivity index (χ4n) is 1.43. The molecule has 0 aliphatic carbocycles. The van der Waals surface area contributed by atoms with Gasteiger partial charge < -0.3 is 4.74 Å². The van der Waals surface area contributed by atoms with E-state index in [2.05, 4.69) is 5.10 Å². The lowest BCUT2D eigenvalue weighted by molar-refractivity contribution is 0.108. The molecule has 3 nitrogen and oxygen atoms in total. The summed E-state index contributed by atoms with van der Waals surface area (Å²) < 4.78 is 7.14. The van der Waals surface area contributed by atoms with Gasteiger partial charge in [-0.2, -0.15) is 5.10 Å². The number of halogens is 1. The van der Waals surface area contributed by atoms with Gasteiger partial charge in [0.05, 0.1) is 5.69 Å². The molecule has 1 aliphatic rings. The molecule has 12 heavy (non-hydrogen) atoms. The molecule has 1 aliphatic heterocycles. The summed E-state index contributed by atoms with van der Waals surface area (Å²) >= 11 is 5.85. The van der Waals surface area contributed by atoms with Crippen LogP contribution in [0.4, 0.5) is 0 Å². The topological polar surface area (TPSA) is 27.1 Å². The second-order valence-corrected chi connectivity index (χ2v) is 3.40. The van der Waals surface area contributed by atoms with E-state index >= 15 is 0 Å². The SMILES string of the molecule is Cn1nc(C2CCCO2)cc1Cl. The Bertz CT molecular complexity index is 259. The van der Waals surface area contributed by atoms with Gasteiger partial charge in [-0.1, -0.05) is 11.6 Å². The van der Waals surface area contributed by atoms with Crippen LogP contribution >= 0.6 is 11.6 Å². The number of hydrogen-bond donors (Lipinski definition) is 0. The summed E-state index contributed by atoms with van der Waals surface area (Å²) in [4.78, 5) is 0. The second kappa shape index (κ2) is 3.07. The van der Waals surface area contributed by atoms with E-state index in [9.17, 15) is 0 Å². The van der Waals surface area contributed by atoms with Crippen molar-refractivity contribution in [3.8, 4) is 0 Å². The molecule has 0 aromatic carbocycles. The molecule has 1 aromatic heterocycles. The Kier molecular flexibility index (Phi) is 2.07. The normalized spacial score (nSPS) is 23.3. The fourth-order valence-corrected chi connectivity index (χ4v) is 1.58. The number of aromatic nitrogens is 2. The molecule has 0 bridgehead atoms. The zero-order valence-electron chi connectivity index (χ0n) is 6.96. The summed E-state index contributed by atoms with van der Waals surface area (Å²) in [5.41, 5.74) is 0.958. The number of aryl methyl sites for hydroxylation is 1. The van der Waals surface area contributed by atoms with E-state index in [1.54, 1.807) is 4.68 Å². The van der Waals surface area contributed by atoms with Crippen molar-refractivity contribution in [2.75, 3.05) is 6.61 Å². The average Bonchev–Trinajstić information content (AvgIpc) is 2.61. The lowest BCUT2D eigenvalue weighted by Crippen LogP contribution is -1.98. The summed E-state index contributed by atoms with van der Waals surface area (Å²) in [5, 5.41) is 4.92. The molecular formula is C8H11ClN2O. The van der Waals surface area contributed by atoms with Crippen molar-refractivity contribution in [1.29, 1.82) is 0 Å². The highest BCUT2D eigenvalue weighted by Gasteiger charge is 2.20. The van der Waals surface area contributed by atoms with Crippen LogP contribution in [-0.2, 0) is 11.8 Å². The van der Waals surface area contributed by atoms with Gasteiger partial charge >= 0.3 is 0 Å². The molecule has 1 atom stereocenters. The average molecular weight is 187 g/mol. The summed E-state index contributed by atoms with van der Waals surface area (Å²) in [7, 11) is 1.83. The molecular weight excluding hydrogens is 176 g/mol. The Morgan fingerprint density at radius 2 is 2.58 bits per heavy atom. The Morgan fingerprint density at radius 3 is 3.08 bits per heavy atom. The second-order valence-electron chi connectivity index (χ2n) is 3.02. The fraction of sp³-hybridized carbons (Fsp3) is 0.625. The van der Waals surface area contributed by atoms with Crippen LogP contribution < -0.4 is 0 Å². The van der Waals surface area contributed by atoms with Crippen LogP contribution in [0.2, 0.25) is 5.15 Å². The molecule has 0 spiro atoms. The largest absolute Gasteiger partial charge is 0.372 e. The van der Waals surface area contributed by atoms with Crippen LogP contribution in [0.15, 0.2) is 6.07 Å². The van der Waals surface area contributed by atoms with Gasteiger partial charge in [0, 0.05) is 19.7 Å². The molecule has 0 saturated carbocycles. The standard InChI is InChI=1S/C8H11ClN2O/c1-11-8(9)5-6(10-11)7-3-2-4-12-7/h5,7H,2-4H2,1H3. The molecule has 4 heteroatoms. The lowest BCUT2D eigenvalue weighted by Gasteiger charge is -2.03. The van der Waals surface area contributed by atoms with E-state index < -0.39 is 0 Å². The molecule has 2 rings (SSSR count). The van der Waals surface area contributed by atoms with Gasteiger partial charge in [0.25, 0.3) is 0 Å². The number of rotatable bonds is 1. The first-order chi connectivity index (χ1) is 5.77. The van der Waals surface area contributed by atoms with Gasteiger partial charge in [-0.15, -0.1) is 0 Å². The van der Waals surface area contributed by atoms with Crippen molar-refractivity contribution in [3.63, 3.8) is 0 Å². The minimum absolute atomic E-state index is 0.170. The number of hydrogen-bond acceptors (Lipinski definition) is 2. The predicted octanol–water partition coefficient (Wildman–Crippen LogP) is 1.93. The maximum Gasteiger partial charge on any atom is 0.127 e.